The molecule has 1 aliphatic carbocycles. The highest BCUT2D eigenvalue weighted by molar-refractivity contribution is 6.01. The summed E-state index contributed by atoms with van der Waals surface area (Å²) in [6, 6.07) is -0.266. The van der Waals surface area contributed by atoms with Crippen LogP contribution in [0.3, 0.4) is 0 Å². The molecule has 0 aromatic carbocycles. The molecule has 0 aromatic rings. The van der Waals surface area contributed by atoms with Crippen molar-refractivity contribution in [3.8, 4) is 0 Å². The second-order valence-electron chi connectivity index (χ2n) is 6.47. The molecular weight excluding hydrogens is 256 g/mol. The van der Waals surface area contributed by atoms with E-state index in [0.717, 1.165) is 25.7 Å². The molecular formula is C15H24N2O3. The molecule has 0 aromatic heterocycles. The molecule has 5 nitrogen and oxygen atoms in total. The summed E-state index contributed by atoms with van der Waals surface area (Å²) in [7, 11) is 0. The molecule has 0 bridgehead atoms. The van der Waals surface area contributed by atoms with Gasteiger partial charge in [0.05, 0.1) is 30.8 Å². The molecule has 2 amide bonds. The number of carbonyl (C=O) groups is 2. The third kappa shape index (κ3) is 2.61. The number of hydrogen-bond acceptors (Lipinski definition) is 4. The maximum Gasteiger partial charge on any atom is 0.246 e. The number of imide groups is 1. The van der Waals surface area contributed by atoms with Crippen LogP contribution in [0.15, 0.2) is 0 Å². The Labute approximate surface area is 120 Å². The minimum Gasteiger partial charge on any atom is -0.370 e. The fourth-order valence-electron chi connectivity index (χ4n) is 3.76. The van der Waals surface area contributed by atoms with Crippen molar-refractivity contribution in [2.75, 3.05) is 13.1 Å². The van der Waals surface area contributed by atoms with E-state index >= 15 is 0 Å². The minimum atomic E-state index is -0.266. The lowest BCUT2D eigenvalue weighted by molar-refractivity contribution is -0.152. The highest BCUT2D eigenvalue weighted by Crippen LogP contribution is 2.42. The Balaban J connectivity index is 1.61. The van der Waals surface area contributed by atoms with Crippen molar-refractivity contribution in [3.63, 3.8) is 0 Å². The van der Waals surface area contributed by atoms with Crippen LogP contribution in [-0.2, 0) is 14.3 Å². The molecule has 3 fully saturated rings. The minimum absolute atomic E-state index is 0.0336. The van der Waals surface area contributed by atoms with E-state index < -0.39 is 0 Å². The summed E-state index contributed by atoms with van der Waals surface area (Å²) < 4.78 is 6.26. The van der Waals surface area contributed by atoms with Crippen LogP contribution in [0.5, 0.6) is 0 Å². The van der Waals surface area contributed by atoms with Gasteiger partial charge in [0.2, 0.25) is 11.8 Å². The van der Waals surface area contributed by atoms with E-state index in [1.807, 2.05) is 0 Å². The molecule has 3 rings (SSSR count). The molecule has 5 heteroatoms. The molecule has 2 atom stereocenters. The van der Waals surface area contributed by atoms with Crippen molar-refractivity contribution in [2.24, 2.45) is 0 Å². The first-order valence-corrected chi connectivity index (χ1v) is 7.85. The number of carbonyl (C=O) groups excluding carboxylic acids is 2. The van der Waals surface area contributed by atoms with Gasteiger partial charge in [-0.15, -0.1) is 0 Å². The molecule has 2 saturated heterocycles. The Morgan fingerprint density at radius 1 is 1.25 bits per heavy atom. The summed E-state index contributed by atoms with van der Waals surface area (Å²) in [4.78, 5) is 25.4. The van der Waals surface area contributed by atoms with Gasteiger partial charge in [-0.25, -0.2) is 0 Å². The van der Waals surface area contributed by atoms with E-state index in [0.29, 0.717) is 6.54 Å². The van der Waals surface area contributed by atoms with Gasteiger partial charge in [-0.1, -0.05) is 19.3 Å². The summed E-state index contributed by atoms with van der Waals surface area (Å²) in [6.07, 6.45) is 8.17. The highest BCUT2D eigenvalue weighted by Gasteiger charge is 2.43. The smallest absolute Gasteiger partial charge is 0.246 e. The van der Waals surface area contributed by atoms with Crippen LogP contribution >= 0.6 is 0 Å². The molecule has 1 saturated carbocycles. The number of amides is 2. The van der Waals surface area contributed by atoms with E-state index in [9.17, 15) is 9.59 Å². The molecule has 20 heavy (non-hydrogen) atoms. The predicted molar refractivity (Wildman–Crippen MR) is 74.1 cm³/mol. The van der Waals surface area contributed by atoms with E-state index in [-0.39, 0.29) is 36.1 Å². The molecule has 1 N–H and O–H groups in total. The molecule has 0 radical (unpaired) electrons. The molecule has 2 unspecified atom stereocenters. The van der Waals surface area contributed by atoms with Crippen molar-refractivity contribution in [1.82, 2.24) is 10.2 Å². The van der Waals surface area contributed by atoms with Crippen LogP contribution in [0, 0.1) is 0 Å². The van der Waals surface area contributed by atoms with Gasteiger partial charge in [-0.3, -0.25) is 19.8 Å². The Bertz CT molecular complexity index is 404. The second kappa shape index (κ2) is 5.45. The maximum atomic E-state index is 12.1. The van der Waals surface area contributed by atoms with Crippen molar-refractivity contribution in [3.05, 3.63) is 0 Å². The third-order valence-corrected chi connectivity index (χ3v) is 4.99. The predicted octanol–water partition coefficient (Wildman–Crippen LogP) is 1.22. The highest BCUT2D eigenvalue weighted by atomic mass is 16.5. The van der Waals surface area contributed by atoms with Gasteiger partial charge >= 0.3 is 0 Å². The summed E-state index contributed by atoms with van der Waals surface area (Å²) in [5.41, 5.74) is 0.0503. The zero-order valence-corrected chi connectivity index (χ0v) is 12.2. The standard InChI is InChI=1S/C15H24N2O3/c1-11-14(19)17(13(18)9-16-11)10-12-5-8-15(20-12)6-3-2-4-7-15/h11-12,16H,2-10H2,1H3. The molecule has 3 aliphatic rings. The molecule has 2 aliphatic heterocycles. The molecule has 112 valence electrons. The Kier molecular flexibility index (Phi) is 3.82. The van der Waals surface area contributed by atoms with Crippen LogP contribution in [0.4, 0.5) is 0 Å². The van der Waals surface area contributed by atoms with Crippen LogP contribution in [0.1, 0.15) is 51.9 Å². The number of ether oxygens (including phenoxy) is 1. The normalized spacial score (nSPS) is 34.0. The summed E-state index contributed by atoms with van der Waals surface area (Å²) in [5, 5.41) is 2.91. The number of nitrogens with zero attached hydrogens (tertiary/aromatic N) is 1. The van der Waals surface area contributed by atoms with Crippen molar-refractivity contribution in [2.45, 2.75) is 69.6 Å². The van der Waals surface area contributed by atoms with Gasteiger partial charge in [0.1, 0.15) is 0 Å². The number of rotatable bonds is 2. The first kappa shape index (κ1) is 14.0. The molecule has 2 heterocycles. The zero-order valence-electron chi connectivity index (χ0n) is 12.2. The summed E-state index contributed by atoms with van der Waals surface area (Å²) >= 11 is 0. The van der Waals surface area contributed by atoms with Gasteiger partial charge in [-0.05, 0) is 32.6 Å². The van der Waals surface area contributed by atoms with Crippen molar-refractivity contribution >= 4 is 11.8 Å². The van der Waals surface area contributed by atoms with Gasteiger partial charge in [0.15, 0.2) is 0 Å². The average Bonchev–Trinajstić information content (AvgIpc) is 2.83. The first-order valence-electron chi connectivity index (χ1n) is 7.85. The topological polar surface area (TPSA) is 58.6 Å². The Morgan fingerprint density at radius 3 is 2.75 bits per heavy atom. The summed E-state index contributed by atoms with van der Waals surface area (Å²) in [6.45, 7) is 2.50. The van der Waals surface area contributed by atoms with E-state index in [2.05, 4.69) is 5.32 Å². The molecule has 1 spiro atoms. The van der Waals surface area contributed by atoms with E-state index in [4.69, 9.17) is 4.74 Å². The van der Waals surface area contributed by atoms with Gasteiger partial charge < -0.3 is 4.74 Å². The first-order chi connectivity index (χ1) is 9.60. The third-order valence-electron chi connectivity index (χ3n) is 4.99. The monoisotopic (exact) mass is 280 g/mol. The fourth-order valence-corrected chi connectivity index (χ4v) is 3.76. The maximum absolute atomic E-state index is 12.1. The fraction of sp³-hybridized carbons (Fsp3) is 0.867. The largest absolute Gasteiger partial charge is 0.370 e. The van der Waals surface area contributed by atoms with E-state index in [1.165, 1.54) is 24.2 Å². The lowest BCUT2D eigenvalue weighted by Crippen LogP contribution is -2.58. The average molecular weight is 280 g/mol. The van der Waals surface area contributed by atoms with Crippen molar-refractivity contribution in [1.29, 1.82) is 0 Å². The summed E-state index contributed by atoms with van der Waals surface area (Å²) in [5.74, 6) is -0.240. The number of nitrogens with one attached hydrogen (secondary N) is 1. The number of piperazine rings is 1. The zero-order chi connectivity index (χ0) is 14.2. The second-order valence-corrected chi connectivity index (χ2v) is 6.47. The lowest BCUT2D eigenvalue weighted by Gasteiger charge is -2.35. The van der Waals surface area contributed by atoms with Gasteiger partial charge in [0.25, 0.3) is 0 Å². The van der Waals surface area contributed by atoms with Gasteiger partial charge in [-0.2, -0.15) is 0 Å². The van der Waals surface area contributed by atoms with Crippen LogP contribution in [-0.4, -0.2) is 47.6 Å². The van der Waals surface area contributed by atoms with Crippen LogP contribution in [0.2, 0.25) is 0 Å². The lowest BCUT2D eigenvalue weighted by atomic mass is 9.83. The van der Waals surface area contributed by atoms with Crippen molar-refractivity contribution < 1.29 is 14.3 Å². The van der Waals surface area contributed by atoms with E-state index in [1.54, 1.807) is 6.92 Å². The SMILES string of the molecule is CC1NCC(=O)N(CC2CCC3(CCCCC3)O2)C1=O. The number of hydrogen-bond donors (Lipinski definition) is 1. The Hall–Kier alpha value is -0.940. The quantitative estimate of drug-likeness (QED) is 0.773. The van der Waals surface area contributed by atoms with Crippen LogP contribution < -0.4 is 5.32 Å². The Morgan fingerprint density at radius 2 is 2.00 bits per heavy atom. The van der Waals surface area contributed by atoms with Gasteiger partial charge in [0, 0.05) is 0 Å². The van der Waals surface area contributed by atoms with Crippen LogP contribution in [0.25, 0.3) is 0 Å².